The van der Waals surface area contributed by atoms with E-state index in [1.807, 2.05) is 12.1 Å². The standard InChI is InChI=1S/C21H25N7/c1-14(2)17-6-4-13-28-19(17)26-27-20(28)21(11-5-12-21)16-9-7-15(8-10-16)18(24-22)25-23-3/h4,6-10,13-14H,3,5,11-12,22H2,1-2H3,(H,24,25). The van der Waals surface area contributed by atoms with Crippen molar-refractivity contribution in [1.29, 1.82) is 0 Å². The molecule has 2 heterocycles. The van der Waals surface area contributed by atoms with Crippen LogP contribution in [0.25, 0.3) is 5.65 Å². The van der Waals surface area contributed by atoms with Crippen molar-refractivity contribution in [2.75, 3.05) is 0 Å². The Bertz CT molecular complexity index is 1030. The maximum absolute atomic E-state index is 5.45. The van der Waals surface area contributed by atoms with Gasteiger partial charge < -0.3 is 5.84 Å². The summed E-state index contributed by atoms with van der Waals surface area (Å²) in [7, 11) is 0. The molecule has 0 radical (unpaired) electrons. The number of hydrazone groups is 2. The molecule has 3 aromatic rings. The first-order chi connectivity index (χ1) is 13.6. The summed E-state index contributed by atoms with van der Waals surface area (Å²) in [6, 6.07) is 12.5. The van der Waals surface area contributed by atoms with Crippen LogP contribution in [0.3, 0.4) is 0 Å². The van der Waals surface area contributed by atoms with E-state index < -0.39 is 0 Å². The summed E-state index contributed by atoms with van der Waals surface area (Å²) < 4.78 is 2.17. The highest BCUT2D eigenvalue weighted by Crippen LogP contribution is 2.48. The molecule has 0 atom stereocenters. The van der Waals surface area contributed by atoms with Crippen molar-refractivity contribution in [3.8, 4) is 0 Å². The van der Waals surface area contributed by atoms with Gasteiger partial charge in [-0.25, -0.2) is 0 Å². The van der Waals surface area contributed by atoms with Gasteiger partial charge in [-0.2, -0.15) is 10.2 Å². The maximum Gasteiger partial charge on any atom is 0.173 e. The summed E-state index contributed by atoms with van der Waals surface area (Å²) >= 11 is 0. The molecule has 1 aliphatic rings. The number of nitrogens with zero attached hydrogens (tertiary/aromatic N) is 5. The van der Waals surface area contributed by atoms with Gasteiger partial charge in [0.1, 0.15) is 5.82 Å². The maximum atomic E-state index is 5.45. The molecule has 7 nitrogen and oxygen atoms in total. The van der Waals surface area contributed by atoms with Crippen LogP contribution in [0.4, 0.5) is 0 Å². The van der Waals surface area contributed by atoms with Gasteiger partial charge in [0.05, 0.1) is 5.41 Å². The normalized spacial score (nSPS) is 16.2. The number of pyridine rings is 1. The second kappa shape index (κ2) is 7.07. The van der Waals surface area contributed by atoms with E-state index in [4.69, 9.17) is 5.84 Å². The number of nitrogens with one attached hydrogen (secondary N) is 1. The fourth-order valence-electron chi connectivity index (χ4n) is 4.08. The molecule has 0 aliphatic heterocycles. The smallest absolute Gasteiger partial charge is 0.173 e. The van der Waals surface area contributed by atoms with E-state index >= 15 is 0 Å². The quantitative estimate of drug-likeness (QED) is 0.310. The predicted molar refractivity (Wildman–Crippen MR) is 112 cm³/mol. The second-order valence-electron chi connectivity index (χ2n) is 7.60. The largest absolute Gasteiger partial charge is 0.321 e. The molecule has 1 saturated carbocycles. The number of amidine groups is 1. The number of benzene rings is 1. The molecule has 144 valence electrons. The van der Waals surface area contributed by atoms with E-state index in [0.29, 0.717) is 11.8 Å². The van der Waals surface area contributed by atoms with Gasteiger partial charge in [-0.3, -0.25) is 9.83 Å². The van der Waals surface area contributed by atoms with E-state index in [1.54, 1.807) is 0 Å². The van der Waals surface area contributed by atoms with Crippen molar-refractivity contribution in [3.05, 3.63) is 65.1 Å². The zero-order valence-electron chi connectivity index (χ0n) is 16.3. The molecule has 28 heavy (non-hydrogen) atoms. The van der Waals surface area contributed by atoms with E-state index in [0.717, 1.165) is 29.9 Å². The van der Waals surface area contributed by atoms with Crippen LogP contribution in [0.2, 0.25) is 0 Å². The van der Waals surface area contributed by atoms with Gasteiger partial charge in [-0.1, -0.05) is 50.6 Å². The van der Waals surface area contributed by atoms with Crippen LogP contribution in [0.1, 0.15) is 61.5 Å². The number of nitrogens with two attached hydrogens (primary N) is 1. The molecule has 3 N–H and O–H groups in total. The minimum atomic E-state index is -0.113. The first-order valence-electron chi connectivity index (χ1n) is 9.55. The highest BCUT2D eigenvalue weighted by atomic mass is 15.3. The molecule has 0 saturated heterocycles. The van der Waals surface area contributed by atoms with Crippen molar-refractivity contribution < 1.29 is 0 Å². The Morgan fingerprint density at radius 1 is 1.21 bits per heavy atom. The average Bonchev–Trinajstić information content (AvgIpc) is 3.10. The Hall–Kier alpha value is -3.22. The molecule has 1 aliphatic carbocycles. The van der Waals surface area contributed by atoms with Crippen molar-refractivity contribution >= 4 is 18.2 Å². The molecule has 0 amide bonds. The van der Waals surface area contributed by atoms with Gasteiger partial charge in [0.15, 0.2) is 11.5 Å². The minimum Gasteiger partial charge on any atom is -0.321 e. The van der Waals surface area contributed by atoms with E-state index in [1.165, 1.54) is 17.5 Å². The first kappa shape index (κ1) is 18.2. The fraction of sp³-hybridized carbons (Fsp3) is 0.333. The van der Waals surface area contributed by atoms with Crippen LogP contribution >= 0.6 is 0 Å². The van der Waals surface area contributed by atoms with E-state index in [2.05, 4.69) is 81.3 Å². The molecule has 0 bridgehead atoms. The summed E-state index contributed by atoms with van der Waals surface area (Å²) in [6.45, 7) is 7.79. The summed E-state index contributed by atoms with van der Waals surface area (Å²) in [5, 5.41) is 16.6. The Kier molecular flexibility index (Phi) is 4.58. The highest BCUT2D eigenvalue weighted by molar-refractivity contribution is 5.98. The summed E-state index contributed by atoms with van der Waals surface area (Å²) in [6.07, 6.45) is 5.37. The van der Waals surface area contributed by atoms with Crippen molar-refractivity contribution in [2.45, 2.75) is 44.4 Å². The van der Waals surface area contributed by atoms with Crippen molar-refractivity contribution in [1.82, 2.24) is 20.0 Å². The molecule has 0 spiro atoms. The average molecular weight is 375 g/mol. The van der Waals surface area contributed by atoms with Crippen LogP contribution in [0.5, 0.6) is 0 Å². The Balaban J connectivity index is 1.77. The lowest BCUT2D eigenvalue weighted by Gasteiger charge is -2.41. The Morgan fingerprint density at radius 3 is 2.54 bits per heavy atom. The topological polar surface area (TPSA) is 93.0 Å². The third-order valence-electron chi connectivity index (χ3n) is 5.75. The molecule has 1 fully saturated rings. The van der Waals surface area contributed by atoms with Crippen molar-refractivity contribution in [3.63, 3.8) is 0 Å². The molecule has 7 heteroatoms. The fourth-order valence-corrected chi connectivity index (χ4v) is 4.08. The minimum absolute atomic E-state index is 0.113. The predicted octanol–water partition coefficient (Wildman–Crippen LogP) is 3.15. The lowest BCUT2D eigenvalue weighted by Crippen LogP contribution is -2.37. The molecular weight excluding hydrogens is 350 g/mol. The number of hydrogen-bond acceptors (Lipinski definition) is 5. The number of fused-ring (bicyclic) bond motifs is 1. The zero-order chi connectivity index (χ0) is 19.7. The molecule has 2 aromatic heterocycles. The van der Waals surface area contributed by atoms with Crippen LogP contribution < -0.4 is 11.3 Å². The molecule has 1 aromatic carbocycles. The van der Waals surface area contributed by atoms with Crippen LogP contribution in [0.15, 0.2) is 52.8 Å². The van der Waals surface area contributed by atoms with E-state index in [9.17, 15) is 0 Å². The number of hydrogen-bond donors (Lipinski definition) is 2. The summed E-state index contributed by atoms with van der Waals surface area (Å²) in [5.41, 5.74) is 6.87. The molecule has 0 unspecified atom stereocenters. The van der Waals surface area contributed by atoms with Gasteiger partial charge in [-0.05, 0) is 36.0 Å². The first-order valence-corrected chi connectivity index (χ1v) is 9.55. The Labute approximate surface area is 164 Å². The van der Waals surface area contributed by atoms with E-state index in [-0.39, 0.29) is 5.41 Å². The van der Waals surface area contributed by atoms with Crippen LogP contribution in [-0.4, -0.2) is 27.2 Å². The third-order valence-corrected chi connectivity index (χ3v) is 5.75. The Morgan fingerprint density at radius 2 is 1.96 bits per heavy atom. The van der Waals surface area contributed by atoms with Gasteiger partial charge >= 0.3 is 0 Å². The lowest BCUT2D eigenvalue weighted by molar-refractivity contribution is 0.283. The van der Waals surface area contributed by atoms with Crippen molar-refractivity contribution in [2.24, 2.45) is 16.0 Å². The second-order valence-corrected chi connectivity index (χ2v) is 7.60. The zero-order valence-corrected chi connectivity index (χ0v) is 16.3. The van der Waals surface area contributed by atoms with Gasteiger partial charge in [0.25, 0.3) is 0 Å². The number of rotatable bonds is 5. The summed E-state index contributed by atoms with van der Waals surface area (Å²) in [4.78, 5) is 0. The summed E-state index contributed by atoms with van der Waals surface area (Å²) in [5.74, 6) is 7.35. The number of aromatic nitrogens is 3. The SMILES string of the molecule is C=NN/C(=N\N)c1ccc(C2(c3nnc4c(C(C)C)cccn34)CCC2)cc1. The highest BCUT2D eigenvalue weighted by Gasteiger charge is 2.44. The molecular formula is C21H25N7. The van der Waals surface area contributed by atoms with Gasteiger partial charge in [-0.15, -0.1) is 10.2 Å². The van der Waals surface area contributed by atoms with Crippen LogP contribution in [0, 0.1) is 0 Å². The van der Waals surface area contributed by atoms with Gasteiger partial charge in [0.2, 0.25) is 0 Å². The van der Waals surface area contributed by atoms with Gasteiger partial charge in [0, 0.05) is 18.5 Å². The monoisotopic (exact) mass is 375 g/mol. The third kappa shape index (κ3) is 2.74. The van der Waals surface area contributed by atoms with Crippen LogP contribution in [-0.2, 0) is 5.41 Å². The molecule has 4 rings (SSSR count). The lowest BCUT2D eigenvalue weighted by atomic mass is 9.63.